The second-order valence-corrected chi connectivity index (χ2v) is 8.17. The largest absolute Gasteiger partial charge is 0.466 e. The molecule has 1 saturated heterocycles. The molecular weight excluding hydrogens is 416 g/mol. The van der Waals surface area contributed by atoms with Gasteiger partial charge in [0, 0.05) is 43.8 Å². The topological polar surface area (TPSA) is 84.7 Å². The van der Waals surface area contributed by atoms with Gasteiger partial charge in [-0.3, -0.25) is 19.0 Å². The maximum Gasteiger partial charge on any atom is 0.309 e. The van der Waals surface area contributed by atoms with Crippen molar-refractivity contribution in [3.8, 4) is 5.69 Å². The maximum atomic E-state index is 12.8. The minimum absolute atomic E-state index is 0.00278. The number of likely N-dealkylation sites (tertiary alicyclic amines) is 1. The summed E-state index contributed by atoms with van der Waals surface area (Å²) in [5, 5.41) is 0.869. The van der Waals surface area contributed by atoms with Gasteiger partial charge in [0.25, 0.3) is 5.91 Å². The maximum absolute atomic E-state index is 12.8. The van der Waals surface area contributed by atoms with E-state index in [-0.39, 0.29) is 30.2 Å². The number of benzene rings is 1. The minimum Gasteiger partial charge on any atom is -0.466 e. The van der Waals surface area contributed by atoms with Gasteiger partial charge in [0.05, 0.1) is 19.1 Å². The van der Waals surface area contributed by atoms with Gasteiger partial charge in [-0.05, 0) is 50.3 Å². The number of amides is 2. The Bertz CT molecular complexity index is 920. The Balaban J connectivity index is 1.54. The molecule has 3 rings (SSSR count). The Hall–Kier alpha value is -2.81. The zero-order valence-electron chi connectivity index (χ0n) is 18.1. The smallest absolute Gasteiger partial charge is 0.309 e. The third-order valence-electron chi connectivity index (χ3n) is 5.37. The summed E-state index contributed by atoms with van der Waals surface area (Å²) in [6.45, 7) is 3.16. The third-order valence-corrected chi connectivity index (χ3v) is 6.04. The fourth-order valence-electron chi connectivity index (χ4n) is 3.62. The van der Waals surface area contributed by atoms with Crippen LogP contribution in [0.15, 0.2) is 41.8 Å². The molecule has 0 radical (unpaired) electrons. The first kappa shape index (κ1) is 22.9. The molecule has 0 unspecified atom stereocenters. The molecule has 0 atom stereocenters. The Kier molecular flexibility index (Phi) is 7.73. The molecule has 2 amide bonds. The van der Waals surface area contributed by atoms with Gasteiger partial charge in [-0.25, -0.2) is 4.98 Å². The van der Waals surface area contributed by atoms with E-state index in [9.17, 15) is 14.4 Å². The summed E-state index contributed by atoms with van der Waals surface area (Å²) < 4.78 is 7.02. The predicted molar refractivity (Wildman–Crippen MR) is 118 cm³/mol. The van der Waals surface area contributed by atoms with E-state index in [0.29, 0.717) is 38.1 Å². The van der Waals surface area contributed by atoms with E-state index in [1.165, 1.54) is 4.90 Å². The SMILES string of the molecule is CCOC(=O)C1CCN(C(=O)CN(C)C(=O)c2ccc(-n3ccnc3SC)cc2)CC1. The molecule has 1 aliphatic heterocycles. The van der Waals surface area contributed by atoms with Crippen molar-refractivity contribution in [1.82, 2.24) is 19.4 Å². The quantitative estimate of drug-likeness (QED) is 0.482. The lowest BCUT2D eigenvalue weighted by Crippen LogP contribution is -2.45. The molecule has 8 nitrogen and oxygen atoms in total. The van der Waals surface area contributed by atoms with Crippen LogP contribution >= 0.6 is 11.8 Å². The highest BCUT2D eigenvalue weighted by Crippen LogP contribution is 2.20. The van der Waals surface area contributed by atoms with Crippen LogP contribution < -0.4 is 0 Å². The molecular formula is C22H28N4O4S. The van der Waals surface area contributed by atoms with Gasteiger partial charge < -0.3 is 14.5 Å². The zero-order valence-corrected chi connectivity index (χ0v) is 18.9. The fraction of sp³-hybridized carbons (Fsp3) is 0.455. The monoisotopic (exact) mass is 444 g/mol. The summed E-state index contributed by atoms with van der Waals surface area (Å²) in [6.07, 6.45) is 6.76. The average Bonchev–Trinajstić information content (AvgIpc) is 3.28. The Morgan fingerprint density at radius 1 is 1.19 bits per heavy atom. The standard InChI is InChI=1S/C22H28N4O4S/c1-4-30-21(29)17-9-12-25(13-10-17)19(27)15-24(2)20(28)16-5-7-18(8-6-16)26-14-11-23-22(26)31-3/h5-8,11,14,17H,4,9-10,12-13,15H2,1-3H3. The van der Waals surface area contributed by atoms with Crippen LogP contribution in [0.3, 0.4) is 0 Å². The van der Waals surface area contributed by atoms with E-state index in [4.69, 9.17) is 4.74 Å². The number of likely N-dealkylation sites (N-methyl/N-ethyl adjacent to an activating group) is 1. The molecule has 1 fully saturated rings. The third kappa shape index (κ3) is 5.46. The molecule has 0 bridgehead atoms. The second-order valence-electron chi connectivity index (χ2n) is 7.40. The van der Waals surface area contributed by atoms with Crippen molar-refractivity contribution >= 4 is 29.5 Å². The highest BCUT2D eigenvalue weighted by molar-refractivity contribution is 7.98. The van der Waals surface area contributed by atoms with Gasteiger partial charge in [0.15, 0.2) is 5.16 Å². The summed E-state index contributed by atoms with van der Waals surface area (Å²) in [7, 11) is 1.63. The van der Waals surface area contributed by atoms with Crippen LogP contribution in [0.2, 0.25) is 0 Å². The van der Waals surface area contributed by atoms with E-state index in [0.717, 1.165) is 10.8 Å². The Morgan fingerprint density at radius 3 is 2.48 bits per heavy atom. The van der Waals surface area contributed by atoms with E-state index in [2.05, 4.69) is 4.98 Å². The number of aromatic nitrogens is 2. The normalized spacial score (nSPS) is 14.4. The van der Waals surface area contributed by atoms with Crippen LogP contribution in [0.25, 0.3) is 5.69 Å². The first-order chi connectivity index (χ1) is 14.9. The number of hydrogen-bond donors (Lipinski definition) is 0. The lowest BCUT2D eigenvalue weighted by molar-refractivity contribution is -0.151. The van der Waals surface area contributed by atoms with Crippen molar-refractivity contribution in [2.24, 2.45) is 5.92 Å². The molecule has 31 heavy (non-hydrogen) atoms. The molecule has 9 heteroatoms. The number of rotatable bonds is 7. The first-order valence-electron chi connectivity index (χ1n) is 10.3. The number of carbonyl (C=O) groups is 3. The summed E-state index contributed by atoms with van der Waals surface area (Å²) in [5.74, 6) is -0.662. The van der Waals surface area contributed by atoms with Crippen molar-refractivity contribution in [3.63, 3.8) is 0 Å². The molecule has 0 spiro atoms. The minimum atomic E-state index is -0.211. The van der Waals surface area contributed by atoms with Crippen molar-refractivity contribution in [2.75, 3.05) is 39.5 Å². The molecule has 1 aromatic heterocycles. The van der Waals surface area contributed by atoms with Crippen LogP contribution in [-0.2, 0) is 14.3 Å². The number of esters is 1. The summed E-state index contributed by atoms with van der Waals surface area (Å²) in [5.41, 5.74) is 1.44. The summed E-state index contributed by atoms with van der Waals surface area (Å²) in [4.78, 5) is 44.7. The van der Waals surface area contributed by atoms with Crippen molar-refractivity contribution in [3.05, 3.63) is 42.2 Å². The summed E-state index contributed by atoms with van der Waals surface area (Å²) in [6, 6.07) is 7.25. The predicted octanol–water partition coefficient (Wildman–Crippen LogP) is 2.47. The van der Waals surface area contributed by atoms with Gasteiger partial charge in [-0.15, -0.1) is 0 Å². The zero-order chi connectivity index (χ0) is 22.4. The van der Waals surface area contributed by atoms with Gasteiger partial charge in [-0.1, -0.05) is 11.8 Å². The highest BCUT2D eigenvalue weighted by Gasteiger charge is 2.29. The Labute approximate surface area is 186 Å². The molecule has 2 aromatic rings. The van der Waals surface area contributed by atoms with Gasteiger partial charge in [0.1, 0.15) is 0 Å². The Morgan fingerprint density at radius 2 is 1.87 bits per heavy atom. The number of carbonyl (C=O) groups excluding carboxylic acids is 3. The lowest BCUT2D eigenvalue weighted by Gasteiger charge is -2.32. The van der Waals surface area contributed by atoms with Gasteiger partial charge in [-0.2, -0.15) is 0 Å². The van der Waals surface area contributed by atoms with Crippen LogP contribution in [0.1, 0.15) is 30.1 Å². The number of imidazole rings is 1. The van der Waals surface area contributed by atoms with E-state index in [1.54, 1.807) is 49.0 Å². The number of piperidine rings is 1. The highest BCUT2D eigenvalue weighted by atomic mass is 32.2. The van der Waals surface area contributed by atoms with Gasteiger partial charge in [0.2, 0.25) is 5.91 Å². The van der Waals surface area contributed by atoms with Gasteiger partial charge >= 0.3 is 5.97 Å². The van der Waals surface area contributed by atoms with Crippen LogP contribution in [0, 0.1) is 5.92 Å². The van der Waals surface area contributed by atoms with Crippen molar-refractivity contribution in [2.45, 2.75) is 24.9 Å². The van der Waals surface area contributed by atoms with Crippen LogP contribution in [0.4, 0.5) is 0 Å². The molecule has 166 valence electrons. The van der Waals surface area contributed by atoms with Crippen LogP contribution in [0.5, 0.6) is 0 Å². The molecule has 1 aliphatic rings. The molecule has 0 aliphatic carbocycles. The number of thioether (sulfide) groups is 1. The fourth-order valence-corrected chi connectivity index (χ4v) is 4.15. The van der Waals surface area contributed by atoms with Crippen molar-refractivity contribution in [1.29, 1.82) is 0 Å². The molecule has 2 heterocycles. The molecule has 0 saturated carbocycles. The average molecular weight is 445 g/mol. The van der Waals surface area contributed by atoms with Crippen LogP contribution in [-0.4, -0.2) is 76.7 Å². The number of hydrogen-bond acceptors (Lipinski definition) is 6. The van der Waals surface area contributed by atoms with Crippen molar-refractivity contribution < 1.29 is 19.1 Å². The molecule has 1 aromatic carbocycles. The van der Waals surface area contributed by atoms with E-state index in [1.807, 2.05) is 29.2 Å². The molecule has 0 N–H and O–H groups in total. The van der Waals surface area contributed by atoms with E-state index >= 15 is 0 Å². The van der Waals surface area contributed by atoms with E-state index < -0.39 is 0 Å². The number of nitrogens with zero attached hydrogens (tertiary/aromatic N) is 4. The second kappa shape index (κ2) is 10.5. The summed E-state index contributed by atoms with van der Waals surface area (Å²) >= 11 is 1.55. The first-order valence-corrected chi connectivity index (χ1v) is 11.5. The number of ether oxygens (including phenoxy) is 1. The lowest BCUT2D eigenvalue weighted by atomic mass is 9.97.